The number of allylic oxidation sites excluding steroid dienone is 2. The molecule has 1 aromatic carbocycles. The van der Waals surface area contributed by atoms with Crippen LogP contribution >= 0.6 is 0 Å². The summed E-state index contributed by atoms with van der Waals surface area (Å²) in [6, 6.07) is 8.48. The zero-order chi connectivity index (χ0) is 91.7. The van der Waals surface area contributed by atoms with E-state index >= 15 is 0 Å². The first-order valence-electron chi connectivity index (χ1n) is 42.8. The number of ketones is 3. The Morgan fingerprint density at radius 2 is 0.610 bits per heavy atom. The number of benzene rings is 1. The molecule has 29 nitrogen and oxygen atoms in total. The number of methoxy groups -OCH3 is 1. The Morgan fingerprint density at radius 3 is 0.886 bits per heavy atom. The van der Waals surface area contributed by atoms with Crippen LogP contribution in [0.1, 0.15) is 217 Å². The van der Waals surface area contributed by atoms with Crippen molar-refractivity contribution >= 4 is 83.0 Å². The number of ether oxygens (including phenoxy) is 15. The van der Waals surface area contributed by atoms with E-state index in [1.807, 2.05) is 69.2 Å². The molecule has 123 heavy (non-hydrogen) atoms. The molecule has 3 saturated heterocycles. The van der Waals surface area contributed by atoms with Crippen LogP contribution in [0.25, 0.3) is 0 Å². The summed E-state index contributed by atoms with van der Waals surface area (Å²) >= 11 is 0. The minimum absolute atomic E-state index is 0.174. The highest BCUT2D eigenvalue weighted by molar-refractivity contribution is 5.98. The van der Waals surface area contributed by atoms with Crippen molar-refractivity contribution in [3.8, 4) is 0 Å². The van der Waals surface area contributed by atoms with E-state index in [4.69, 9.17) is 71.1 Å². The van der Waals surface area contributed by atoms with Crippen LogP contribution in [0.2, 0.25) is 0 Å². The van der Waals surface area contributed by atoms with Gasteiger partial charge in [-0.15, -0.1) is 0 Å². The second-order valence-corrected chi connectivity index (χ2v) is 38.4. The van der Waals surface area contributed by atoms with E-state index in [1.54, 1.807) is 130 Å². The van der Waals surface area contributed by atoms with Gasteiger partial charge in [-0.05, 0) is 149 Å². The second-order valence-electron chi connectivity index (χ2n) is 38.4. The summed E-state index contributed by atoms with van der Waals surface area (Å²) in [4.78, 5) is 181. The Kier molecular flexibility index (Phi) is 25.9. The lowest BCUT2D eigenvalue weighted by molar-refractivity contribution is -0.165. The molecule has 3 heterocycles. The molecule has 6 saturated carbocycles. The third-order valence-electron chi connectivity index (χ3n) is 28.9. The molecule has 674 valence electrons. The van der Waals surface area contributed by atoms with Gasteiger partial charge in [-0.3, -0.25) is 52.7 Å². The quantitative estimate of drug-likeness (QED) is 0.0517. The fourth-order valence-corrected chi connectivity index (χ4v) is 23.0. The first-order valence-corrected chi connectivity index (χ1v) is 42.8. The lowest BCUT2D eigenvalue weighted by Crippen LogP contribution is -2.43. The SMILES string of the molecule is C/C=C(/C)C(=O)O[C@@H]1/C(C)=C\C23O[C@@]2(C[C@H](C)[C@@H]3OC(C)=O)C(=O)[C@@H](C)C(OC(C)=O)[C@@H]2[C@H]([C@@H]1OC)C2(C)C.C/C=C(\C)C(=O)O[C@H]1[C@H]2[C@@H](C(OC(C)=O)[C@H](C)C(=O)[C@@]34C[C@H](C)[C@H](OC(C)=O)C3(/C=C(/C)[C@H]1OC(C)=O)O4)C2(C)C.CC(=O)OC1[C@H](C)C(=O)[C@@]23C[C@H](C)[C@H](OC(C)=O)C2(/C=C(/C)[C@@H](OC(C)=O)[C@@H](OC(=O)c2ccccc2)[C@H]2[C@@H]1C2(C)C)O3. The molecular weight excluding hydrogens is 1590 g/mol. The second kappa shape index (κ2) is 33.7. The summed E-state index contributed by atoms with van der Waals surface area (Å²) in [5, 5.41) is 0. The maximum atomic E-state index is 14.4. The number of carbonyl (C=O) groups is 14. The van der Waals surface area contributed by atoms with Gasteiger partial charge in [0, 0.05) is 109 Å². The molecule has 1 aromatic rings. The number of epoxide rings is 3. The van der Waals surface area contributed by atoms with Gasteiger partial charge in [0.05, 0.1) is 23.3 Å². The predicted molar refractivity (Wildman–Crippen MR) is 437 cm³/mol. The third kappa shape index (κ3) is 16.3. The van der Waals surface area contributed by atoms with Crippen molar-refractivity contribution in [3.05, 3.63) is 94.1 Å². The highest BCUT2D eigenvalue weighted by atomic mass is 16.7. The highest BCUT2D eigenvalue weighted by Crippen LogP contribution is 2.73. The molecule has 0 spiro atoms. The van der Waals surface area contributed by atoms with Gasteiger partial charge in [0.15, 0.2) is 63.2 Å². The van der Waals surface area contributed by atoms with Crippen LogP contribution in [0.3, 0.4) is 0 Å². The maximum absolute atomic E-state index is 14.4. The minimum atomic E-state index is -1.33. The summed E-state index contributed by atoms with van der Waals surface area (Å²) < 4.78 is 90.0. The lowest BCUT2D eigenvalue weighted by atomic mass is 9.80. The first-order chi connectivity index (χ1) is 57.1. The molecule has 3 aliphatic heterocycles. The van der Waals surface area contributed by atoms with Crippen LogP contribution in [-0.2, 0) is 133 Å². The van der Waals surface area contributed by atoms with Crippen LogP contribution in [0.15, 0.2) is 88.6 Å². The molecule has 29 heteroatoms. The summed E-state index contributed by atoms with van der Waals surface area (Å²) in [6.07, 6.45) is -0.791. The number of esters is 11. The monoisotopic (exact) mass is 1720 g/mol. The van der Waals surface area contributed by atoms with Crippen molar-refractivity contribution in [1.82, 2.24) is 0 Å². The summed E-state index contributed by atoms with van der Waals surface area (Å²) in [5.74, 6) is -11.6. The Labute approximate surface area is 719 Å². The molecule has 12 aliphatic rings. The van der Waals surface area contributed by atoms with Crippen molar-refractivity contribution in [1.29, 1.82) is 0 Å². The predicted octanol–water partition coefficient (Wildman–Crippen LogP) is 11.4. The number of hydrogen-bond donors (Lipinski definition) is 0. The van der Waals surface area contributed by atoms with E-state index in [2.05, 4.69) is 0 Å². The molecule has 0 N–H and O–H groups in total. The van der Waals surface area contributed by atoms with Crippen molar-refractivity contribution in [2.45, 2.75) is 313 Å². The molecule has 0 amide bonds. The zero-order valence-electron chi connectivity index (χ0n) is 76.1. The van der Waals surface area contributed by atoms with Gasteiger partial charge in [-0.1, -0.05) is 113 Å². The smallest absolute Gasteiger partial charge is 0.338 e. The van der Waals surface area contributed by atoms with Gasteiger partial charge < -0.3 is 71.1 Å². The number of Topliss-reactive ketones (excluding diaryl/α,β-unsaturated/α-hetero) is 3. The van der Waals surface area contributed by atoms with Crippen molar-refractivity contribution < 1.29 is 138 Å². The third-order valence-corrected chi connectivity index (χ3v) is 28.9. The van der Waals surface area contributed by atoms with E-state index < -0.39 is 225 Å². The molecule has 9 aliphatic carbocycles. The van der Waals surface area contributed by atoms with Crippen LogP contribution in [0.4, 0.5) is 0 Å². The largest absolute Gasteiger partial charge is 0.461 e. The summed E-state index contributed by atoms with van der Waals surface area (Å²) in [5.41, 5.74) is -6.51. The molecule has 13 rings (SSSR count). The Hall–Kier alpha value is -9.06. The normalized spacial score (nSPS) is 42.0. The highest BCUT2D eigenvalue weighted by Gasteiger charge is 2.87. The molecule has 0 radical (unpaired) electrons. The Bertz CT molecular complexity index is 4650. The average Bonchev–Trinajstić information content (AvgIpc) is 1.49. The number of rotatable bonds is 15. The van der Waals surface area contributed by atoms with E-state index in [0.717, 1.165) is 0 Å². The molecule has 6 unspecified atom stereocenters. The number of carbonyl (C=O) groups excluding carboxylic acids is 14. The van der Waals surface area contributed by atoms with Gasteiger partial charge in [0.1, 0.15) is 61.0 Å². The van der Waals surface area contributed by atoms with Crippen LogP contribution in [0.5, 0.6) is 0 Å². The van der Waals surface area contributed by atoms with E-state index in [9.17, 15) is 67.1 Å². The fraction of sp³-hybridized carbons (Fsp3) is 0.681. The van der Waals surface area contributed by atoms with Gasteiger partial charge in [0.25, 0.3) is 0 Å². The van der Waals surface area contributed by atoms with Gasteiger partial charge in [-0.2, -0.15) is 0 Å². The summed E-state index contributed by atoms with van der Waals surface area (Å²) in [7, 11) is 1.57. The standard InChI is InChI=1S/C33H40O10.C31H42O10.C30H42O9/c1-16-14-33-29(41-21(6)36)17(2)15-32(33,43-33)28(37)18(3)26(40-20(5)35)23-24(31(23,7)8)27(25(16)39-19(4)34)42-30(38)22-12-10-9-11-13-22;1-11-14(2)28(36)40-25-22-21(29(22,9)10)24(38-19(7)33)17(5)26(35)30-13-16(4)27(39-20(8)34)31(30,41-30)12-15(3)23(25)37-18(6)32;1-11-14(2)27(34)38-22-15(3)12-30-26(37-19(7)32)16(4)13-29(30,39-30)25(33)17(5)23(36-18(6)31)20-21(24(22)35-10)28(20,8)9/h9-14,17-18,23-27,29H,15H2,1-8H3;11-12,16-17,21-25,27H,13H2,1-10H3;11-12,16-17,20-24,26H,13H2,1-10H3/b16-14-;14-11+,15-12-;14-11-,15-12-/t17-,18-,23-,24+,25+,26?,27-,29-,32-,33?;16-,17-,21-,22+,23+,24?,25-,27-,30-,31?;16-,17-,20-,21+,22+,23?,24-,26-,29-,30?/m000/s1. The average molecular weight is 1720 g/mol. The molecule has 9 fully saturated rings. The zero-order valence-corrected chi connectivity index (χ0v) is 76.1. The van der Waals surface area contributed by atoms with Crippen molar-refractivity contribution in [2.24, 2.45) is 87.3 Å². The van der Waals surface area contributed by atoms with Crippen molar-refractivity contribution in [3.63, 3.8) is 0 Å². The molecule has 0 bridgehead atoms. The Morgan fingerprint density at radius 1 is 0.350 bits per heavy atom. The number of fused-ring (bicyclic) bond motifs is 3. The first kappa shape index (κ1) is 94.6. The van der Waals surface area contributed by atoms with E-state index in [-0.39, 0.29) is 58.8 Å². The lowest BCUT2D eigenvalue weighted by Gasteiger charge is -2.30. The maximum Gasteiger partial charge on any atom is 0.338 e. The molecule has 30 atom stereocenters. The van der Waals surface area contributed by atoms with Crippen molar-refractivity contribution in [2.75, 3.05) is 7.11 Å². The minimum Gasteiger partial charge on any atom is -0.461 e. The fourth-order valence-electron chi connectivity index (χ4n) is 23.0. The van der Waals surface area contributed by atoms with E-state index in [0.29, 0.717) is 46.3 Å². The number of hydrogen-bond acceptors (Lipinski definition) is 29. The van der Waals surface area contributed by atoms with Crippen LogP contribution in [0, 0.1) is 87.3 Å². The molecular formula is C94H124O29. The molecule has 0 aromatic heterocycles. The van der Waals surface area contributed by atoms with Gasteiger partial charge in [0.2, 0.25) is 0 Å². The van der Waals surface area contributed by atoms with Crippen LogP contribution in [-0.4, -0.2) is 197 Å². The summed E-state index contributed by atoms with van der Waals surface area (Å²) in [6.45, 7) is 45.3. The van der Waals surface area contributed by atoms with Gasteiger partial charge >= 0.3 is 65.7 Å². The topological polar surface area (TPSA) is 387 Å². The van der Waals surface area contributed by atoms with E-state index in [1.165, 1.54) is 55.4 Å². The van der Waals surface area contributed by atoms with Crippen LogP contribution < -0.4 is 0 Å². The Balaban J connectivity index is 0.000000180. The van der Waals surface area contributed by atoms with Gasteiger partial charge in [-0.25, -0.2) is 14.4 Å².